The van der Waals surface area contributed by atoms with Crippen molar-refractivity contribution in [1.82, 2.24) is 0 Å². The van der Waals surface area contributed by atoms with Crippen LogP contribution in [0.4, 0.5) is 13.2 Å². The molecule has 1 aromatic rings. The van der Waals surface area contributed by atoms with E-state index in [1.165, 1.54) is 18.2 Å². The van der Waals surface area contributed by atoms with Crippen molar-refractivity contribution in [2.45, 2.75) is 6.18 Å². The summed E-state index contributed by atoms with van der Waals surface area (Å²) in [6.07, 6.45) is -4.40. The van der Waals surface area contributed by atoms with Crippen molar-refractivity contribution >= 4 is 5.84 Å². The standard InChI is InChI=1S/C9H9F3N2O/c10-9(11,12)5-15-7-4-2-1-3-6(7)8(13)14/h1-4H,5H2,(H3,13,14). The van der Waals surface area contributed by atoms with Gasteiger partial charge in [0.25, 0.3) is 0 Å². The van der Waals surface area contributed by atoms with E-state index < -0.39 is 12.8 Å². The third-order valence-corrected chi connectivity index (χ3v) is 1.57. The monoisotopic (exact) mass is 218 g/mol. The fourth-order valence-corrected chi connectivity index (χ4v) is 0.975. The van der Waals surface area contributed by atoms with Crippen molar-refractivity contribution in [2.75, 3.05) is 6.61 Å². The Morgan fingerprint density at radius 3 is 2.47 bits per heavy atom. The predicted octanol–water partition coefficient (Wildman–Crippen LogP) is 1.91. The van der Waals surface area contributed by atoms with Crippen LogP contribution in [0.1, 0.15) is 5.56 Å². The van der Waals surface area contributed by atoms with Gasteiger partial charge in [0.2, 0.25) is 0 Å². The van der Waals surface area contributed by atoms with Gasteiger partial charge in [-0.05, 0) is 12.1 Å². The summed E-state index contributed by atoms with van der Waals surface area (Å²) in [5, 5.41) is 7.13. The molecule has 15 heavy (non-hydrogen) atoms. The van der Waals surface area contributed by atoms with Crippen LogP contribution in [0, 0.1) is 5.41 Å². The van der Waals surface area contributed by atoms with Gasteiger partial charge >= 0.3 is 6.18 Å². The Bertz CT molecular complexity index is 363. The van der Waals surface area contributed by atoms with Crippen molar-refractivity contribution in [3.63, 3.8) is 0 Å². The molecule has 1 rings (SSSR count). The van der Waals surface area contributed by atoms with Gasteiger partial charge < -0.3 is 10.5 Å². The molecule has 3 N–H and O–H groups in total. The molecule has 0 unspecified atom stereocenters. The van der Waals surface area contributed by atoms with Crippen LogP contribution in [0.3, 0.4) is 0 Å². The Hall–Kier alpha value is -1.72. The van der Waals surface area contributed by atoms with Crippen LogP contribution in [0.25, 0.3) is 0 Å². The average molecular weight is 218 g/mol. The lowest BCUT2D eigenvalue weighted by molar-refractivity contribution is -0.153. The zero-order chi connectivity index (χ0) is 11.5. The van der Waals surface area contributed by atoms with Gasteiger partial charge in [-0.1, -0.05) is 12.1 Å². The Labute approximate surface area is 84.2 Å². The molecule has 0 aliphatic heterocycles. The molecular weight excluding hydrogens is 209 g/mol. The summed E-state index contributed by atoms with van der Waals surface area (Å²) in [6.45, 7) is -1.39. The van der Waals surface area contributed by atoms with Crippen molar-refractivity contribution in [3.05, 3.63) is 29.8 Å². The van der Waals surface area contributed by atoms with Gasteiger partial charge in [-0.3, -0.25) is 5.41 Å². The summed E-state index contributed by atoms with van der Waals surface area (Å²) in [7, 11) is 0. The molecule has 0 saturated carbocycles. The molecule has 0 aromatic heterocycles. The molecule has 1 aromatic carbocycles. The minimum Gasteiger partial charge on any atom is -0.483 e. The van der Waals surface area contributed by atoms with Gasteiger partial charge in [-0.25, -0.2) is 0 Å². The Morgan fingerprint density at radius 1 is 1.33 bits per heavy atom. The van der Waals surface area contributed by atoms with Crippen LogP contribution < -0.4 is 10.5 Å². The number of amidine groups is 1. The Kier molecular flexibility index (Phi) is 3.18. The van der Waals surface area contributed by atoms with E-state index in [0.29, 0.717) is 0 Å². The van der Waals surface area contributed by atoms with Gasteiger partial charge in [0, 0.05) is 0 Å². The minimum atomic E-state index is -4.40. The number of nitrogens with two attached hydrogens (primary N) is 1. The summed E-state index contributed by atoms with van der Waals surface area (Å²) in [5.41, 5.74) is 5.33. The van der Waals surface area contributed by atoms with E-state index in [1.807, 2.05) is 0 Å². The number of rotatable bonds is 3. The quantitative estimate of drug-likeness (QED) is 0.601. The number of benzene rings is 1. The highest BCUT2D eigenvalue weighted by atomic mass is 19.4. The van der Waals surface area contributed by atoms with Gasteiger partial charge in [-0.15, -0.1) is 0 Å². The second-order valence-electron chi connectivity index (χ2n) is 2.81. The summed E-state index contributed by atoms with van der Waals surface area (Å²) < 4.78 is 40.1. The SMILES string of the molecule is N=C(N)c1ccccc1OCC(F)(F)F. The summed E-state index contributed by atoms with van der Waals surface area (Å²) in [5.74, 6) is -0.366. The van der Waals surface area contributed by atoms with E-state index in [2.05, 4.69) is 4.74 Å². The third kappa shape index (κ3) is 3.49. The molecular formula is C9H9F3N2O. The fourth-order valence-electron chi connectivity index (χ4n) is 0.975. The summed E-state index contributed by atoms with van der Waals surface area (Å²) in [6, 6.07) is 5.84. The van der Waals surface area contributed by atoms with E-state index in [9.17, 15) is 13.2 Å². The fraction of sp³-hybridized carbons (Fsp3) is 0.222. The van der Waals surface area contributed by atoms with Crippen LogP contribution in [0.5, 0.6) is 5.75 Å². The molecule has 0 aliphatic rings. The molecule has 0 spiro atoms. The first-order valence-electron chi connectivity index (χ1n) is 4.03. The molecule has 0 aliphatic carbocycles. The minimum absolute atomic E-state index is 0.0395. The van der Waals surface area contributed by atoms with Crippen LogP contribution in [0.15, 0.2) is 24.3 Å². The van der Waals surface area contributed by atoms with Gasteiger partial charge in [0.1, 0.15) is 11.6 Å². The van der Waals surface area contributed by atoms with E-state index in [0.717, 1.165) is 0 Å². The van der Waals surface area contributed by atoms with Crippen molar-refractivity contribution < 1.29 is 17.9 Å². The van der Waals surface area contributed by atoms with Crippen molar-refractivity contribution in [1.29, 1.82) is 5.41 Å². The molecule has 0 saturated heterocycles. The van der Waals surface area contributed by atoms with Crippen molar-refractivity contribution in [2.24, 2.45) is 5.73 Å². The number of alkyl halides is 3. The predicted molar refractivity (Wildman–Crippen MR) is 49.0 cm³/mol. The second kappa shape index (κ2) is 4.20. The second-order valence-corrected chi connectivity index (χ2v) is 2.81. The first-order valence-corrected chi connectivity index (χ1v) is 4.03. The highest BCUT2D eigenvalue weighted by Gasteiger charge is 2.28. The molecule has 0 heterocycles. The zero-order valence-corrected chi connectivity index (χ0v) is 7.64. The summed E-state index contributed by atoms with van der Waals surface area (Å²) >= 11 is 0. The first kappa shape index (κ1) is 11.4. The van der Waals surface area contributed by atoms with Crippen LogP contribution in [0.2, 0.25) is 0 Å². The number of para-hydroxylation sites is 1. The number of hydrogen-bond acceptors (Lipinski definition) is 2. The zero-order valence-electron chi connectivity index (χ0n) is 7.64. The first-order chi connectivity index (χ1) is 6.90. The van der Waals surface area contributed by atoms with Gasteiger partial charge in [0.15, 0.2) is 6.61 Å². The molecule has 0 atom stereocenters. The molecule has 0 radical (unpaired) electrons. The lowest BCUT2D eigenvalue weighted by Gasteiger charge is -2.11. The third-order valence-electron chi connectivity index (χ3n) is 1.57. The largest absolute Gasteiger partial charge is 0.483 e. The number of halogens is 3. The van der Waals surface area contributed by atoms with E-state index in [1.54, 1.807) is 6.07 Å². The van der Waals surface area contributed by atoms with Gasteiger partial charge in [-0.2, -0.15) is 13.2 Å². The van der Waals surface area contributed by atoms with Crippen molar-refractivity contribution in [3.8, 4) is 5.75 Å². The molecule has 82 valence electrons. The Balaban J connectivity index is 2.81. The lowest BCUT2D eigenvalue weighted by Crippen LogP contribution is -2.21. The average Bonchev–Trinajstić information content (AvgIpc) is 2.14. The maximum Gasteiger partial charge on any atom is 0.422 e. The maximum atomic E-state index is 11.9. The number of nitrogen functional groups attached to an aromatic ring is 1. The highest BCUT2D eigenvalue weighted by molar-refractivity contribution is 5.97. The topological polar surface area (TPSA) is 59.1 Å². The number of ether oxygens (including phenoxy) is 1. The smallest absolute Gasteiger partial charge is 0.422 e. The molecule has 0 amide bonds. The number of hydrogen-bond donors (Lipinski definition) is 2. The van der Waals surface area contributed by atoms with E-state index in [-0.39, 0.29) is 17.1 Å². The lowest BCUT2D eigenvalue weighted by atomic mass is 10.2. The van der Waals surface area contributed by atoms with Gasteiger partial charge in [0.05, 0.1) is 5.56 Å². The highest BCUT2D eigenvalue weighted by Crippen LogP contribution is 2.21. The van der Waals surface area contributed by atoms with Crippen LogP contribution >= 0.6 is 0 Å². The van der Waals surface area contributed by atoms with E-state index >= 15 is 0 Å². The van der Waals surface area contributed by atoms with Crippen LogP contribution in [-0.4, -0.2) is 18.6 Å². The van der Waals surface area contributed by atoms with Crippen LogP contribution in [-0.2, 0) is 0 Å². The molecule has 3 nitrogen and oxygen atoms in total. The normalized spacial score (nSPS) is 11.1. The van der Waals surface area contributed by atoms with E-state index in [4.69, 9.17) is 11.1 Å². The molecule has 0 bridgehead atoms. The summed E-state index contributed by atoms with van der Waals surface area (Å²) in [4.78, 5) is 0. The Morgan fingerprint density at radius 2 is 1.93 bits per heavy atom. The number of nitrogens with one attached hydrogen (secondary N) is 1. The molecule has 6 heteroatoms. The molecule has 0 fully saturated rings. The maximum absolute atomic E-state index is 11.9.